The fourth-order valence-corrected chi connectivity index (χ4v) is 3.74. The van der Waals surface area contributed by atoms with Crippen LogP contribution in [0.15, 0.2) is 58.3 Å². The molecule has 0 saturated carbocycles. The Kier molecular flexibility index (Phi) is 10.9. The minimum absolute atomic E-state index is 0. The van der Waals surface area contributed by atoms with Crippen LogP contribution in [0, 0.1) is 0 Å². The van der Waals surface area contributed by atoms with E-state index in [0.717, 1.165) is 11.7 Å². The summed E-state index contributed by atoms with van der Waals surface area (Å²) in [6, 6.07) is 13.4. The standard InChI is InChI=1S/C16H16N3O7PS.2Na/c1-25-16(20)18-15-17-13-8-7-12(28(24)11-5-3-2-4-6-11)9-14(13)19(15)10-26-27(21,22)23;;/h2-9H,10H2,1H3,(H,17,18,20)(H2,21,22,23);;/q;2*+1/p-2. The summed E-state index contributed by atoms with van der Waals surface area (Å²) in [5.74, 6) is -0.0991. The van der Waals surface area contributed by atoms with Gasteiger partial charge in [-0.15, -0.1) is 0 Å². The molecule has 1 N–H and O–H groups in total. The smallest absolute Gasteiger partial charge is 0.790 e. The number of methoxy groups -OCH3 is 1. The molecule has 2 aromatic carbocycles. The number of fused-ring (bicyclic) bond motifs is 1. The van der Waals surface area contributed by atoms with Gasteiger partial charge in [0.2, 0.25) is 5.95 Å². The van der Waals surface area contributed by atoms with Crippen LogP contribution in [0.1, 0.15) is 0 Å². The molecule has 1 aromatic heterocycles. The molecule has 30 heavy (non-hydrogen) atoms. The third kappa shape index (κ3) is 6.98. The average Bonchev–Trinajstić information content (AvgIpc) is 3.01. The quantitative estimate of drug-likeness (QED) is 0.280. The van der Waals surface area contributed by atoms with E-state index >= 15 is 0 Å². The van der Waals surface area contributed by atoms with Gasteiger partial charge in [-0.05, 0) is 30.3 Å². The first-order chi connectivity index (χ1) is 13.3. The molecule has 148 valence electrons. The summed E-state index contributed by atoms with van der Waals surface area (Å²) in [7, 11) is -5.64. The molecule has 14 heteroatoms. The number of carbonyl (C=O) groups is 1. The van der Waals surface area contributed by atoms with Crippen molar-refractivity contribution in [1.29, 1.82) is 0 Å². The number of carbonyl (C=O) groups excluding carboxylic acids is 1. The maximum atomic E-state index is 12.8. The summed E-state index contributed by atoms with van der Waals surface area (Å²) < 4.78 is 33.6. The molecule has 0 aliphatic carbocycles. The molecule has 0 saturated heterocycles. The number of nitrogens with zero attached hydrogens (tertiary/aromatic N) is 2. The van der Waals surface area contributed by atoms with Crippen LogP contribution < -0.4 is 74.2 Å². The number of hydrogen-bond acceptors (Lipinski definition) is 8. The van der Waals surface area contributed by atoms with Crippen molar-refractivity contribution in [3.05, 3.63) is 48.5 Å². The Labute approximate surface area is 218 Å². The molecule has 0 aliphatic rings. The third-order valence-electron chi connectivity index (χ3n) is 3.64. The number of amides is 1. The van der Waals surface area contributed by atoms with E-state index in [-0.39, 0.29) is 65.1 Å². The second kappa shape index (κ2) is 11.9. The predicted octanol–water partition coefficient (Wildman–Crippen LogP) is -4.81. The number of nitrogens with one attached hydrogen (secondary N) is 1. The van der Waals surface area contributed by atoms with Gasteiger partial charge in [0.15, 0.2) is 0 Å². The monoisotopic (exact) mass is 469 g/mol. The third-order valence-corrected chi connectivity index (χ3v) is 5.45. The van der Waals surface area contributed by atoms with Crippen molar-refractivity contribution in [2.45, 2.75) is 16.5 Å². The second-order valence-electron chi connectivity index (χ2n) is 5.42. The molecular formula is C16H14N3Na2O7PS. The summed E-state index contributed by atoms with van der Waals surface area (Å²) in [5.41, 5.74) is 0.664. The van der Waals surface area contributed by atoms with Gasteiger partial charge in [-0.3, -0.25) is 9.88 Å². The summed E-state index contributed by atoms with van der Waals surface area (Å²) in [6.07, 6.45) is -0.850. The van der Waals surface area contributed by atoms with E-state index in [0.29, 0.717) is 20.8 Å². The fraction of sp³-hybridized carbons (Fsp3) is 0.125. The number of anilines is 1. The molecule has 0 spiro atoms. The Bertz CT molecular complexity index is 1090. The molecule has 1 amide bonds. The summed E-state index contributed by atoms with van der Waals surface area (Å²) >= 11 is 0. The van der Waals surface area contributed by atoms with Crippen LogP contribution in [0.25, 0.3) is 11.0 Å². The summed E-state index contributed by atoms with van der Waals surface area (Å²) in [5, 5.41) is 2.31. The zero-order chi connectivity index (χ0) is 20.3. The number of aromatic nitrogens is 2. The average molecular weight is 469 g/mol. The van der Waals surface area contributed by atoms with Crippen LogP contribution in [0.3, 0.4) is 0 Å². The largest absolute Gasteiger partial charge is 1.00 e. The van der Waals surface area contributed by atoms with Crippen molar-refractivity contribution >= 4 is 41.7 Å². The van der Waals surface area contributed by atoms with Gasteiger partial charge in [0, 0.05) is 9.79 Å². The molecule has 1 heterocycles. The molecule has 0 bridgehead atoms. The SMILES string of the molecule is COC(=O)Nc1nc2ccc(S(=O)c3ccccc3)cc2n1COP(=O)([O-])[O-].[Na+].[Na+]. The first kappa shape index (κ1) is 27.5. The van der Waals surface area contributed by atoms with E-state index in [1.807, 2.05) is 0 Å². The van der Waals surface area contributed by atoms with E-state index in [1.54, 1.807) is 42.5 Å². The summed E-state index contributed by atoms with van der Waals surface area (Å²) in [4.78, 5) is 38.4. The molecule has 3 aromatic rings. The van der Waals surface area contributed by atoms with E-state index in [4.69, 9.17) is 0 Å². The number of imidazole rings is 1. The van der Waals surface area contributed by atoms with Gasteiger partial charge in [-0.1, -0.05) is 18.2 Å². The Morgan fingerprint density at radius 2 is 1.83 bits per heavy atom. The van der Waals surface area contributed by atoms with Crippen molar-refractivity contribution in [1.82, 2.24) is 9.55 Å². The summed E-state index contributed by atoms with van der Waals surface area (Å²) in [6.45, 7) is -0.721. The number of phosphoric ester groups is 1. The first-order valence-electron chi connectivity index (χ1n) is 7.77. The van der Waals surface area contributed by atoms with Crippen molar-refractivity contribution in [2.75, 3.05) is 12.4 Å². The zero-order valence-electron chi connectivity index (χ0n) is 16.4. The number of hydrogen-bond donors (Lipinski definition) is 1. The van der Waals surface area contributed by atoms with Gasteiger partial charge in [0.1, 0.15) is 6.73 Å². The fourth-order valence-electron chi connectivity index (χ4n) is 2.39. The van der Waals surface area contributed by atoms with E-state index in [2.05, 4.69) is 19.6 Å². The molecule has 0 radical (unpaired) electrons. The maximum absolute atomic E-state index is 12.8. The van der Waals surface area contributed by atoms with Crippen LogP contribution in [-0.2, 0) is 31.4 Å². The van der Waals surface area contributed by atoms with E-state index in [1.165, 1.54) is 6.07 Å². The molecule has 3 rings (SSSR count). The van der Waals surface area contributed by atoms with Crippen LogP contribution in [-0.4, -0.2) is 27.0 Å². The van der Waals surface area contributed by atoms with Crippen LogP contribution >= 0.6 is 7.82 Å². The van der Waals surface area contributed by atoms with Crippen molar-refractivity contribution < 1.29 is 91.7 Å². The molecule has 0 aliphatic heterocycles. The van der Waals surface area contributed by atoms with Gasteiger partial charge in [-0.2, -0.15) is 0 Å². The van der Waals surface area contributed by atoms with Gasteiger partial charge in [0.25, 0.3) is 0 Å². The van der Waals surface area contributed by atoms with Gasteiger partial charge < -0.3 is 23.6 Å². The molecule has 10 nitrogen and oxygen atoms in total. The molecule has 1 unspecified atom stereocenters. The van der Waals surface area contributed by atoms with E-state index < -0.39 is 31.4 Å². The van der Waals surface area contributed by atoms with E-state index in [9.17, 15) is 23.4 Å². The topological polar surface area (TPSA) is 146 Å². The Balaban J connectivity index is 0.00000225. The van der Waals surface area contributed by atoms with Crippen molar-refractivity contribution in [3.8, 4) is 0 Å². The number of ether oxygens (including phenoxy) is 1. The maximum Gasteiger partial charge on any atom is 1.00 e. The van der Waals surface area contributed by atoms with Crippen LogP contribution in [0.2, 0.25) is 0 Å². The Morgan fingerprint density at radius 3 is 2.43 bits per heavy atom. The minimum atomic E-state index is -5.28. The molecule has 1 atom stereocenters. The second-order valence-corrected chi connectivity index (χ2v) is 8.05. The van der Waals surface area contributed by atoms with Gasteiger partial charge in [-0.25, -0.2) is 14.0 Å². The number of rotatable bonds is 6. The van der Waals surface area contributed by atoms with Crippen molar-refractivity contribution in [3.63, 3.8) is 0 Å². The normalized spacial score (nSPS) is 11.8. The zero-order valence-corrected chi connectivity index (χ0v) is 22.1. The molecular weight excluding hydrogens is 455 g/mol. The van der Waals surface area contributed by atoms with Crippen LogP contribution in [0.5, 0.6) is 0 Å². The minimum Gasteiger partial charge on any atom is -0.790 e. The van der Waals surface area contributed by atoms with Crippen LogP contribution in [0.4, 0.5) is 10.7 Å². The number of benzene rings is 2. The van der Waals surface area contributed by atoms with Crippen molar-refractivity contribution in [2.24, 2.45) is 0 Å². The Morgan fingerprint density at radius 1 is 1.17 bits per heavy atom. The first-order valence-corrected chi connectivity index (χ1v) is 10.4. The van der Waals surface area contributed by atoms with Gasteiger partial charge in [0.05, 0.1) is 36.8 Å². The Hall–Kier alpha value is -0.560. The van der Waals surface area contributed by atoms with Gasteiger partial charge >= 0.3 is 65.2 Å². The predicted molar refractivity (Wildman–Crippen MR) is 95.6 cm³/mol. The molecule has 0 fully saturated rings. The number of phosphoric acid groups is 1.